The third-order valence-electron chi connectivity index (χ3n) is 4.46. The summed E-state index contributed by atoms with van der Waals surface area (Å²) in [5.74, 6) is -0.358. The van der Waals surface area contributed by atoms with Crippen molar-refractivity contribution in [2.45, 2.75) is 6.61 Å². The van der Waals surface area contributed by atoms with Gasteiger partial charge in [0.15, 0.2) is 0 Å². The van der Waals surface area contributed by atoms with Gasteiger partial charge in [0.25, 0.3) is 5.91 Å². The summed E-state index contributed by atoms with van der Waals surface area (Å²) in [6.45, 7) is 0.211. The number of nitrogens with one attached hydrogen (secondary N) is 1. The number of carboxylic acid groups (broad SMARTS) is 1. The second-order valence-electron chi connectivity index (χ2n) is 6.72. The second kappa shape index (κ2) is 10.5. The van der Waals surface area contributed by atoms with Gasteiger partial charge in [0, 0.05) is 11.8 Å². The Kier molecular flexibility index (Phi) is 7.23. The molecule has 2 N–H and O–H groups in total. The van der Waals surface area contributed by atoms with Crippen LogP contribution in [0.15, 0.2) is 78.4 Å². The molecular weight excluding hydrogens is 408 g/mol. The summed E-state index contributed by atoms with van der Waals surface area (Å²) in [5.41, 5.74) is 2.05. The minimum absolute atomic E-state index is 0.0491. The van der Waals surface area contributed by atoms with Crippen molar-refractivity contribution < 1.29 is 24.2 Å². The first-order chi connectivity index (χ1) is 15.5. The molecular formula is C25H20N2O5. The third-order valence-corrected chi connectivity index (χ3v) is 4.46. The second-order valence-corrected chi connectivity index (χ2v) is 6.72. The number of carbonyl (C=O) groups excluding carboxylic acids is 1. The molecule has 3 aromatic rings. The molecule has 0 spiro atoms. The van der Waals surface area contributed by atoms with Gasteiger partial charge in [-0.2, -0.15) is 5.26 Å². The fraction of sp³-hybridized carbons (Fsp3) is 0.0800. The topological polar surface area (TPSA) is 109 Å². The van der Waals surface area contributed by atoms with Gasteiger partial charge in [0.1, 0.15) is 29.7 Å². The van der Waals surface area contributed by atoms with Crippen LogP contribution in [-0.2, 0) is 11.4 Å². The van der Waals surface area contributed by atoms with E-state index in [9.17, 15) is 14.9 Å². The zero-order valence-electron chi connectivity index (χ0n) is 17.2. The first-order valence-electron chi connectivity index (χ1n) is 9.61. The fourth-order valence-electron chi connectivity index (χ4n) is 2.84. The van der Waals surface area contributed by atoms with Crippen molar-refractivity contribution >= 4 is 23.6 Å². The van der Waals surface area contributed by atoms with Crippen LogP contribution < -0.4 is 14.8 Å². The molecule has 0 bridgehead atoms. The molecule has 0 saturated carbocycles. The average molecular weight is 428 g/mol. The van der Waals surface area contributed by atoms with E-state index in [1.165, 1.54) is 19.3 Å². The van der Waals surface area contributed by atoms with Crippen molar-refractivity contribution in [2.75, 3.05) is 12.4 Å². The number of aromatic carboxylic acids is 1. The molecule has 1 amide bonds. The number of nitriles is 1. The largest absolute Gasteiger partial charge is 0.497 e. The lowest BCUT2D eigenvalue weighted by Crippen LogP contribution is -2.13. The number of carboxylic acids is 1. The maximum Gasteiger partial charge on any atom is 0.335 e. The van der Waals surface area contributed by atoms with E-state index < -0.39 is 11.9 Å². The van der Waals surface area contributed by atoms with Gasteiger partial charge in [-0.1, -0.05) is 30.3 Å². The number of hydrogen-bond acceptors (Lipinski definition) is 5. The maximum atomic E-state index is 12.4. The number of carbonyl (C=O) groups is 2. The molecule has 0 aromatic heterocycles. The molecule has 160 valence electrons. The van der Waals surface area contributed by atoms with Crippen molar-refractivity contribution in [3.63, 3.8) is 0 Å². The van der Waals surface area contributed by atoms with Crippen LogP contribution in [0.1, 0.15) is 21.5 Å². The molecule has 0 aliphatic heterocycles. The van der Waals surface area contributed by atoms with Crippen molar-refractivity contribution in [2.24, 2.45) is 0 Å². The number of methoxy groups -OCH3 is 1. The van der Waals surface area contributed by atoms with Crippen LogP contribution in [-0.4, -0.2) is 24.1 Å². The Hall–Kier alpha value is -4.57. The lowest BCUT2D eigenvalue weighted by Gasteiger charge is -2.08. The van der Waals surface area contributed by atoms with Crippen LogP contribution >= 0.6 is 0 Å². The highest BCUT2D eigenvalue weighted by Gasteiger charge is 2.10. The maximum absolute atomic E-state index is 12.4. The predicted octanol–water partition coefficient (Wildman–Crippen LogP) is 4.52. The monoisotopic (exact) mass is 428 g/mol. The van der Waals surface area contributed by atoms with E-state index in [4.69, 9.17) is 14.6 Å². The van der Waals surface area contributed by atoms with Gasteiger partial charge in [-0.25, -0.2) is 4.79 Å². The van der Waals surface area contributed by atoms with Gasteiger partial charge in [0.2, 0.25) is 0 Å². The molecule has 0 aliphatic carbocycles. The van der Waals surface area contributed by atoms with E-state index in [1.807, 2.05) is 6.07 Å². The van der Waals surface area contributed by atoms with E-state index in [0.29, 0.717) is 22.7 Å². The van der Waals surface area contributed by atoms with Gasteiger partial charge >= 0.3 is 5.97 Å². The van der Waals surface area contributed by atoms with Crippen LogP contribution in [0.2, 0.25) is 0 Å². The van der Waals surface area contributed by atoms with Crippen LogP contribution in [0.4, 0.5) is 5.69 Å². The number of hydrogen-bond donors (Lipinski definition) is 2. The van der Waals surface area contributed by atoms with Crippen molar-refractivity contribution in [3.05, 3.63) is 95.1 Å². The number of anilines is 1. The minimum atomic E-state index is -0.994. The summed E-state index contributed by atoms with van der Waals surface area (Å²) in [7, 11) is 1.53. The molecule has 0 saturated heterocycles. The van der Waals surface area contributed by atoms with E-state index in [2.05, 4.69) is 5.32 Å². The van der Waals surface area contributed by atoms with Crippen LogP contribution in [0.25, 0.3) is 6.08 Å². The van der Waals surface area contributed by atoms with Gasteiger partial charge in [-0.05, 0) is 53.6 Å². The third kappa shape index (κ3) is 5.97. The molecule has 0 aliphatic rings. The molecule has 0 fully saturated rings. The number of nitrogens with zero attached hydrogens (tertiary/aromatic N) is 1. The molecule has 0 heterocycles. The molecule has 3 rings (SSSR count). The van der Waals surface area contributed by atoms with E-state index >= 15 is 0 Å². The highest BCUT2D eigenvalue weighted by molar-refractivity contribution is 6.09. The molecule has 3 aromatic carbocycles. The van der Waals surface area contributed by atoms with Gasteiger partial charge in [-0.15, -0.1) is 0 Å². The number of ether oxygens (including phenoxy) is 2. The number of rotatable bonds is 8. The highest BCUT2D eigenvalue weighted by atomic mass is 16.5. The predicted molar refractivity (Wildman–Crippen MR) is 119 cm³/mol. The smallest absolute Gasteiger partial charge is 0.335 e. The van der Waals surface area contributed by atoms with Crippen molar-refractivity contribution in [1.29, 1.82) is 5.26 Å². The van der Waals surface area contributed by atoms with Crippen LogP contribution in [0, 0.1) is 11.3 Å². The van der Waals surface area contributed by atoms with Gasteiger partial charge in [-0.3, -0.25) is 4.79 Å². The first-order valence-corrected chi connectivity index (χ1v) is 9.61. The van der Waals surface area contributed by atoms with Crippen molar-refractivity contribution in [3.8, 4) is 17.6 Å². The van der Waals surface area contributed by atoms with Gasteiger partial charge in [0.05, 0.1) is 12.7 Å². The van der Waals surface area contributed by atoms with Crippen LogP contribution in [0.3, 0.4) is 0 Å². The Morgan fingerprint density at radius 3 is 2.47 bits per heavy atom. The first kappa shape index (κ1) is 22.1. The molecule has 7 nitrogen and oxygen atoms in total. The summed E-state index contributed by atoms with van der Waals surface area (Å²) in [6, 6.07) is 22.1. The standard InChI is InChI=1S/C25H20N2O5/c1-31-23-7-3-6-21(14-23)27-24(28)20(15-26)12-17-8-10-22(11-9-17)32-16-18-4-2-5-19(13-18)25(29)30/h2-14H,16H2,1H3,(H,27,28)(H,29,30)/b20-12-. The van der Waals surface area contributed by atoms with E-state index in [-0.39, 0.29) is 17.7 Å². The Bertz CT molecular complexity index is 1190. The lowest BCUT2D eigenvalue weighted by atomic mass is 10.1. The molecule has 32 heavy (non-hydrogen) atoms. The highest BCUT2D eigenvalue weighted by Crippen LogP contribution is 2.19. The zero-order chi connectivity index (χ0) is 22.9. The quantitative estimate of drug-likeness (QED) is 0.403. The summed E-state index contributed by atoms with van der Waals surface area (Å²) < 4.78 is 10.8. The molecule has 0 radical (unpaired) electrons. The lowest BCUT2D eigenvalue weighted by molar-refractivity contribution is -0.112. The number of amides is 1. The summed E-state index contributed by atoms with van der Waals surface area (Å²) in [5, 5.41) is 21.1. The normalized spacial score (nSPS) is 10.7. The minimum Gasteiger partial charge on any atom is -0.497 e. The molecule has 0 atom stereocenters. The average Bonchev–Trinajstić information content (AvgIpc) is 2.82. The van der Waals surface area contributed by atoms with E-state index in [1.54, 1.807) is 66.7 Å². The Morgan fingerprint density at radius 1 is 1.03 bits per heavy atom. The Morgan fingerprint density at radius 2 is 1.78 bits per heavy atom. The summed E-state index contributed by atoms with van der Waals surface area (Å²) in [6.07, 6.45) is 1.48. The van der Waals surface area contributed by atoms with E-state index in [0.717, 1.165) is 5.56 Å². The fourth-order valence-corrected chi connectivity index (χ4v) is 2.84. The molecule has 0 unspecified atom stereocenters. The van der Waals surface area contributed by atoms with Crippen LogP contribution in [0.5, 0.6) is 11.5 Å². The zero-order valence-corrected chi connectivity index (χ0v) is 17.2. The summed E-state index contributed by atoms with van der Waals surface area (Å²) in [4.78, 5) is 23.5. The SMILES string of the molecule is COc1cccc(NC(=O)/C(C#N)=C\c2ccc(OCc3cccc(C(=O)O)c3)cc2)c1. The van der Waals surface area contributed by atoms with Gasteiger partial charge < -0.3 is 19.9 Å². The molecule has 7 heteroatoms. The van der Waals surface area contributed by atoms with Crippen molar-refractivity contribution in [1.82, 2.24) is 0 Å². The Labute approximate surface area is 185 Å². The number of benzene rings is 3. The Balaban J connectivity index is 1.64. The summed E-state index contributed by atoms with van der Waals surface area (Å²) >= 11 is 0.